The molecular weight excluding hydrogens is 188 g/mol. The van der Waals surface area contributed by atoms with Crippen molar-refractivity contribution in [3.8, 4) is 0 Å². The molecule has 1 heterocycles. The molecule has 2 rings (SSSR count). The summed E-state index contributed by atoms with van der Waals surface area (Å²) in [6.07, 6.45) is 3.38. The second-order valence-electron chi connectivity index (χ2n) is 4.16. The Labute approximate surface area is 89.6 Å². The third-order valence-electron chi connectivity index (χ3n) is 2.76. The van der Waals surface area contributed by atoms with Crippen LogP contribution in [0.1, 0.15) is 24.5 Å². The molecule has 1 aromatic carbocycles. The van der Waals surface area contributed by atoms with Crippen LogP contribution in [0.3, 0.4) is 0 Å². The summed E-state index contributed by atoms with van der Waals surface area (Å²) >= 11 is 0. The van der Waals surface area contributed by atoms with Crippen LogP contribution < -0.4 is 0 Å². The Balaban J connectivity index is 2.33. The van der Waals surface area contributed by atoms with Crippen LogP contribution in [0, 0.1) is 6.92 Å². The summed E-state index contributed by atoms with van der Waals surface area (Å²) in [5.41, 5.74) is 1.75. The number of rotatable bonds is 1. The third kappa shape index (κ3) is 1.94. The van der Waals surface area contributed by atoms with Crippen LogP contribution in [0.25, 0.3) is 0 Å². The first-order chi connectivity index (χ1) is 7.10. The second-order valence-corrected chi connectivity index (χ2v) is 4.16. The minimum absolute atomic E-state index is 0.115. The highest BCUT2D eigenvalue weighted by molar-refractivity contribution is 5.91. The van der Waals surface area contributed by atoms with E-state index in [9.17, 15) is 4.79 Å². The summed E-state index contributed by atoms with van der Waals surface area (Å²) in [6, 6.07) is 8.10. The fraction of sp³-hybridized carbons (Fsp3) is 0.308. The molecule has 0 amide bonds. The van der Waals surface area contributed by atoms with Crippen molar-refractivity contribution in [3.63, 3.8) is 0 Å². The minimum Gasteiger partial charge on any atom is -0.490 e. The lowest BCUT2D eigenvalue weighted by Crippen LogP contribution is -2.29. The molecule has 1 aliphatic rings. The zero-order valence-electron chi connectivity index (χ0n) is 8.99. The lowest BCUT2D eigenvalue weighted by molar-refractivity contribution is -0.122. The van der Waals surface area contributed by atoms with E-state index in [0.717, 1.165) is 5.56 Å². The van der Waals surface area contributed by atoms with Gasteiger partial charge in [-0.25, -0.2) is 0 Å². The molecule has 15 heavy (non-hydrogen) atoms. The van der Waals surface area contributed by atoms with E-state index in [1.165, 1.54) is 17.9 Å². The molecular formula is C13H14O2. The smallest absolute Gasteiger partial charge is 0.163 e. The lowest BCUT2D eigenvalue weighted by atomic mass is 9.89. The minimum atomic E-state index is -0.500. The van der Waals surface area contributed by atoms with E-state index in [0.29, 0.717) is 6.42 Å². The molecule has 0 aromatic heterocycles. The number of benzene rings is 1. The number of ether oxygens (including phenoxy) is 1. The SMILES string of the molecule is Cc1ccc(C2(C)CC(=O)C=CO2)cc1. The largest absolute Gasteiger partial charge is 0.490 e. The number of aryl methyl sites for hydroxylation is 1. The molecule has 1 unspecified atom stereocenters. The predicted molar refractivity (Wildman–Crippen MR) is 58.4 cm³/mol. The van der Waals surface area contributed by atoms with Gasteiger partial charge in [-0.3, -0.25) is 4.79 Å². The average molecular weight is 202 g/mol. The van der Waals surface area contributed by atoms with Crippen LogP contribution in [-0.2, 0) is 15.1 Å². The molecule has 0 aliphatic carbocycles. The van der Waals surface area contributed by atoms with Crippen molar-refractivity contribution in [2.45, 2.75) is 25.9 Å². The van der Waals surface area contributed by atoms with E-state index in [4.69, 9.17) is 4.74 Å². The van der Waals surface area contributed by atoms with Gasteiger partial charge in [-0.2, -0.15) is 0 Å². The first-order valence-electron chi connectivity index (χ1n) is 5.04. The fourth-order valence-electron chi connectivity index (χ4n) is 1.77. The van der Waals surface area contributed by atoms with Crippen LogP contribution in [0.5, 0.6) is 0 Å². The summed E-state index contributed by atoms with van der Waals surface area (Å²) in [7, 11) is 0. The number of carbonyl (C=O) groups excluding carboxylic acids is 1. The number of carbonyl (C=O) groups is 1. The van der Waals surface area contributed by atoms with Gasteiger partial charge in [-0.05, 0) is 19.4 Å². The predicted octanol–water partition coefficient (Wildman–Crippen LogP) is 2.71. The first kappa shape index (κ1) is 9.97. The zero-order chi connectivity index (χ0) is 10.9. The van der Waals surface area contributed by atoms with Crippen LogP contribution in [0.2, 0.25) is 0 Å². The Morgan fingerprint density at radius 3 is 2.53 bits per heavy atom. The van der Waals surface area contributed by atoms with Crippen LogP contribution in [0.15, 0.2) is 36.6 Å². The summed E-state index contributed by atoms with van der Waals surface area (Å²) in [5, 5.41) is 0. The molecule has 2 nitrogen and oxygen atoms in total. The highest BCUT2D eigenvalue weighted by Crippen LogP contribution is 2.32. The Morgan fingerprint density at radius 1 is 1.27 bits per heavy atom. The van der Waals surface area contributed by atoms with Gasteiger partial charge in [0.25, 0.3) is 0 Å². The lowest BCUT2D eigenvalue weighted by Gasteiger charge is -2.31. The van der Waals surface area contributed by atoms with Gasteiger partial charge in [0.15, 0.2) is 5.78 Å². The van der Waals surface area contributed by atoms with Crippen molar-refractivity contribution in [3.05, 3.63) is 47.7 Å². The van der Waals surface area contributed by atoms with E-state index in [1.54, 1.807) is 0 Å². The number of hydrogen-bond donors (Lipinski definition) is 0. The van der Waals surface area contributed by atoms with Crippen molar-refractivity contribution in [1.82, 2.24) is 0 Å². The van der Waals surface area contributed by atoms with Gasteiger partial charge in [-0.15, -0.1) is 0 Å². The van der Waals surface area contributed by atoms with Crippen molar-refractivity contribution < 1.29 is 9.53 Å². The molecule has 0 spiro atoms. The van der Waals surface area contributed by atoms with Gasteiger partial charge in [0.05, 0.1) is 12.7 Å². The normalized spacial score (nSPS) is 25.1. The molecule has 2 heteroatoms. The average Bonchev–Trinajstić information content (AvgIpc) is 2.18. The van der Waals surface area contributed by atoms with Crippen LogP contribution in [0.4, 0.5) is 0 Å². The highest BCUT2D eigenvalue weighted by Gasteiger charge is 2.32. The molecule has 1 atom stereocenters. The Bertz CT molecular complexity index is 403. The monoisotopic (exact) mass is 202 g/mol. The number of ketones is 1. The van der Waals surface area contributed by atoms with Crippen LogP contribution >= 0.6 is 0 Å². The zero-order valence-corrected chi connectivity index (χ0v) is 8.99. The molecule has 1 aromatic rings. The van der Waals surface area contributed by atoms with E-state index >= 15 is 0 Å². The molecule has 1 aliphatic heterocycles. The van der Waals surface area contributed by atoms with Gasteiger partial charge in [-0.1, -0.05) is 29.8 Å². The van der Waals surface area contributed by atoms with Gasteiger partial charge < -0.3 is 4.74 Å². The van der Waals surface area contributed by atoms with Crippen LogP contribution in [-0.4, -0.2) is 5.78 Å². The van der Waals surface area contributed by atoms with E-state index in [1.807, 2.05) is 38.1 Å². The summed E-state index contributed by atoms with van der Waals surface area (Å²) < 4.78 is 5.56. The molecule has 0 N–H and O–H groups in total. The van der Waals surface area contributed by atoms with E-state index < -0.39 is 5.60 Å². The van der Waals surface area contributed by atoms with Crippen molar-refractivity contribution in [1.29, 1.82) is 0 Å². The third-order valence-corrected chi connectivity index (χ3v) is 2.76. The molecule has 78 valence electrons. The summed E-state index contributed by atoms with van der Waals surface area (Å²) in [6.45, 7) is 3.98. The Hall–Kier alpha value is -1.57. The maximum Gasteiger partial charge on any atom is 0.163 e. The Morgan fingerprint density at radius 2 is 1.93 bits per heavy atom. The van der Waals surface area contributed by atoms with Crippen molar-refractivity contribution in [2.24, 2.45) is 0 Å². The van der Waals surface area contributed by atoms with Gasteiger partial charge in [0, 0.05) is 6.08 Å². The van der Waals surface area contributed by atoms with Crippen molar-refractivity contribution >= 4 is 5.78 Å². The van der Waals surface area contributed by atoms with E-state index in [-0.39, 0.29) is 5.78 Å². The number of hydrogen-bond acceptors (Lipinski definition) is 2. The summed E-state index contributed by atoms with van der Waals surface area (Å²) in [4.78, 5) is 11.4. The maximum atomic E-state index is 11.4. The fourth-order valence-corrected chi connectivity index (χ4v) is 1.77. The topological polar surface area (TPSA) is 26.3 Å². The number of allylic oxidation sites excluding steroid dienone is 1. The molecule has 0 radical (unpaired) electrons. The van der Waals surface area contributed by atoms with Gasteiger partial charge >= 0.3 is 0 Å². The van der Waals surface area contributed by atoms with Crippen molar-refractivity contribution in [2.75, 3.05) is 0 Å². The highest BCUT2D eigenvalue weighted by atomic mass is 16.5. The molecule has 0 saturated heterocycles. The maximum absolute atomic E-state index is 11.4. The Kier molecular flexibility index (Phi) is 2.35. The summed E-state index contributed by atoms with van der Waals surface area (Å²) in [5.74, 6) is 0.115. The second kappa shape index (κ2) is 3.54. The van der Waals surface area contributed by atoms with Gasteiger partial charge in [0.1, 0.15) is 5.60 Å². The van der Waals surface area contributed by atoms with E-state index in [2.05, 4.69) is 0 Å². The standard InChI is InChI=1S/C13H14O2/c1-10-3-5-11(6-4-10)13(2)9-12(14)7-8-15-13/h3-8H,9H2,1-2H3. The van der Waals surface area contributed by atoms with Gasteiger partial charge in [0.2, 0.25) is 0 Å². The molecule has 0 fully saturated rings. The quantitative estimate of drug-likeness (QED) is 0.700. The molecule has 0 bridgehead atoms. The molecule has 0 saturated carbocycles. The first-order valence-corrected chi connectivity index (χ1v) is 5.04.